The monoisotopic (exact) mass is 451 g/mol. The molecule has 0 spiro atoms. The lowest BCUT2D eigenvalue weighted by Crippen LogP contribution is -2.39. The van der Waals surface area contributed by atoms with Crippen molar-refractivity contribution < 1.29 is 14.3 Å². The van der Waals surface area contributed by atoms with E-state index in [0.717, 1.165) is 77.2 Å². The molecular formula is C26H49N3O3. The standard InChI is InChI=1S/C26H49N3O3/c1-27-20-21-29(2)26(31)32-24-18-12-8-7-9-14-22(15-13-19-24)25(30)28-23-16-10-5-3-4-6-11-17-23/h22-24,27H,3-21H2,1-2H3,(H,28,30). The van der Waals surface area contributed by atoms with Crippen LogP contribution in [0.1, 0.15) is 109 Å². The molecule has 6 nitrogen and oxygen atoms in total. The highest BCUT2D eigenvalue weighted by atomic mass is 16.6. The first kappa shape index (κ1) is 26.9. The van der Waals surface area contributed by atoms with E-state index >= 15 is 0 Å². The molecule has 2 fully saturated rings. The van der Waals surface area contributed by atoms with E-state index in [1.807, 2.05) is 7.05 Å². The zero-order valence-corrected chi connectivity index (χ0v) is 20.8. The SMILES string of the molecule is CNCCN(C)C(=O)OC1CCCCCCC(C(=O)NC2CCCCCCCC2)CCC1. The molecule has 2 atom stereocenters. The van der Waals surface area contributed by atoms with Gasteiger partial charge in [0.1, 0.15) is 6.10 Å². The van der Waals surface area contributed by atoms with Crippen LogP contribution in [-0.4, -0.2) is 56.2 Å². The number of nitrogens with zero attached hydrogens (tertiary/aromatic N) is 1. The molecule has 0 bridgehead atoms. The fourth-order valence-corrected chi connectivity index (χ4v) is 5.08. The zero-order valence-electron chi connectivity index (χ0n) is 20.8. The Bertz CT molecular complexity index is 518. The largest absolute Gasteiger partial charge is 0.446 e. The van der Waals surface area contributed by atoms with Crippen molar-refractivity contribution in [2.45, 2.75) is 121 Å². The molecule has 0 aromatic rings. The van der Waals surface area contributed by atoms with Gasteiger partial charge in [-0.15, -0.1) is 0 Å². The molecule has 32 heavy (non-hydrogen) atoms. The summed E-state index contributed by atoms with van der Waals surface area (Å²) in [5, 5.41) is 6.49. The van der Waals surface area contributed by atoms with Gasteiger partial charge in [-0.25, -0.2) is 4.79 Å². The van der Waals surface area contributed by atoms with Crippen molar-refractivity contribution in [2.24, 2.45) is 5.92 Å². The normalized spacial score (nSPS) is 24.8. The molecule has 2 rings (SSSR count). The topological polar surface area (TPSA) is 70.7 Å². The number of nitrogens with one attached hydrogen (secondary N) is 2. The fourth-order valence-electron chi connectivity index (χ4n) is 5.08. The van der Waals surface area contributed by atoms with Crippen molar-refractivity contribution in [3.8, 4) is 0 Å². The van der Waals surface area contributed by atoms with Crippen LogP contribution >= 0.6 is 0 Å². The highest BCUT2D eigenvalue weighted by Gasteiger charge is 2.24. The minimum Gasteiger partial charge on any atom is -0.446 e. The van der Waals surface area contributed by atoms with E-state index in [1.165, 1.54) is 38.5 Å². The van der Waals surface area contributed by atoms with Crippen LogP contribution in [0.5, 0.6) is 0 Å². The summed E-state index contributed by atoms with van der Waals surface area (Å²) in [5.41, 5.74) is 0. The molecule has 0 heterocycles. The van der Waals surface area contributed by atoms with Gasteiger partial charge in [-0.2, -0.15) is 0 Å². The Morgan fingerprint density at radius 2 is 1.31 bits per heavy atom. The minimum atomic E-state index is -0.227. The van der Waals surface area contributed by atoms with Gasteiger partial charge < -0.3 is 20.3 Å². The summed E-state index contributed by atoms with van der Waals surface area (Å²) in [7, 11) is 3.68. The molecule has 186 valence electrons. The van der Waals surface area contributed by atoms with Crippen molar-refractivity contribution in [1.82, 2.24) is 15.5 Å². The van der Waals surface area contributed by atoms with Gasteiger partial charge in [0, 0.05) is 32.1 Å². The Labute approximate surface area is 196 Å². The van der Waals surface area contributed by atoms with Crippen LogP contribution in [0.2, 0.25) is 0 Å². The number of likely N-dealkylation sites (N-methyl/N-ethyl adjacent to an activating group) is 2. The maximum absolute atomic E-state index is 13.1. The van der Waals surface area contributed by atoms with Crippen LogP contribution < -0.4 is 10.6 Å². The van der Waals surface area contributed by atoms with Gasteiger partial charge in [0.2, 0.25) is 5.91 Å². The number of amides is 2. The molecule has 2 saturated carbocycles. The molecule has 0 aliphatic heterocycles. The Morgan fingerprint density at radius 1 is 0.781 bits per heavy atom. The lowest BCUT2D eigenvalue weighted by molar-refractivity contribution is -0.126. The number of hydrogen-bond donors (Lipinski definition) is 2. The minimum absolute atomic E-state index is 0.0318. The summed E-state index contributed by atoms with van der Waals surface area (Å²) in [6, 6.07) is 0.362. The van der Waals surface area contributed by atoms with Gasteiger partial charge in [-0.1, -0.05) is 57.8 Å². The molecule has 6 heteroatoms. The smallest absolute Gasteiger partial charge is 0.409 e. The number of carbonyl (C=O) groups is 2. The molecular weight excluding hydrogens is 402 g/mol. The number of rotatable bonds is 6. The van der Waals surface area contributed by atoms with Crippen LogP contribution in [0.25, 0.3) is 0 Å². The third-order valence-corrected chi connectivity index (χ3v) is 7.26. The van der Waals surface area contributed by atoms with E-state index in [0.29, 0.717) is 12.6 Å². The summed E-state index contributed by atoms with van der Waals surface area (Å²) in [6.45, 7) is 1.40. The second kappa shape index (κ2) is 16.3. The van der Waals surface area contributed by atoms with E-state index in [2.05, 4.69) is 10.6 Å². The van der Waals surface area contributed by atoms with Gasteiger partial charge in [0.05, 0.1) is 0 Å². The van der Waals surface area contributed by atoms with Gasteiger partial charge >= 0.3 is 6.09 Å². The second-order valence-electron chi connectivity index (χ2n) is 10.1. The predicted octanol–water partition coefficient (Wildman–Crippen LogP) is 5.40. The zero-order chi connectivity index (χ0) is 23.0. The van der Waals surface area contributed by atoms with Crippen molar-refractivity contribution in [3.05, 3.63) is 0 Å². The third-order valence-electron chi connectivity index (χ3n) is 7.26. The van der Waals surface area contributed by atoms with E-state index in [9.17, 15) is 9.59 Å². The average molecular weight is 452 g/mol. The second-order valence-corrected chi connectivity index (χ2v) is 10.1. The van der Waals surface area contributed by atoms with Crippen molar-refractivity contribution in [2.75, 3.05) is 27.2 Å². The highest BCUT2D eigenvalue weighted by molar-refractivity contribution is 5.78. The first-order valence-corrected chi connectivity index (χ1v) is 13.5. The Kier molecular flexibility index (Phi) is 13.8. The van der Waals surface area contributed by atoms with Crippen molar-refractivity contribution in [1.29, 1.82) is 0 Å². The molecule has 0 aromatic heterocycles. The van der Waals surface area contributed by atoms with Crippen molar-refractivity contribution in [3.63, 3.8) is 0 Å². The van der Waals surface area contributed by atoms with Crippen LogP contribution in [0, 0.1) is 5.92 Å². The lowest BCUT2D eigenvalue weighted by Gasteiger charge is -2.24. The molecule has 2 aliphatic carbocycles. The van der Waals surface area contributed by atoms with Crippen molar-refractivity contribution >= 4 is 12.0 Å². The fraction of sp³-hybridized carbons (Fsp3) is 0.923. The summed E-state index contributed by atoms with van der Waals surface area (Å²) >= 11 is 0. The van der Waals surface area contributed by atoms with Crippen LogP contribution in [-0.2, 0) is 9.53 Å². The van der Waals surface area contributed by atoms with E-state index in [-0.39, 0.29) is 24.0 Å². The maximum atomic E-state index is 13.1. The number of ether oxygens (including phenoxy) is 1. The third kappa shape index (κ3) is 11.0. The van der Waals surface area contributed by atoms with E-state index < -0.39 is 0 Å². The molecule has 0 aromatic carbocycles. The van der Waals surface area contributed by atoms with Gasteiger partial charge in [0.15, 0.2) is 0 Å². The lowest BCUT2D eigenvalue weighted by atomic mass is 9.93. The number of hydrogen-bond acceptors (Lipinski definition) is 4. The first-order chi connectivity index (χ1) is 15.6. The predicted molar refractivity (Wildman–Crippen MR) is 131 cm³/mol. The van der Waals surface area contributed by atoms with Gasteiger partial charge in [-0.3, -0.25) is 4.79 Å². The molecule has 2 N–H and O–H groups in total. The van der Waals surface area contributed by atoms with Crippen LogP contribution in [0.3, 0.4) is 0 Å². The Morgan fingerprint density at radius 3 is 1.97 bits per heavy atom. The molecule has 2 unspecified atom stereocenters. The van der Waals surface area contributed by atoms with Crippen LogP contribution in [0.15, 0.2) is 0 Å². The number of carbonyl (C=O) groups excluding carboxylic acids is 2. The van der Waals surface area contributed by atoms with E-state index in [4.69, 9.17) is 4.74 Å². The quantitative estimate of drug-likeness (QED) is 0.567. The highest BCUT2D eigenvalue weighted by Crippen LogP contribution is 2.24. The summed E-state index contributed by atoms with van der Waals surface area (Å²) in [4.78, 5) is 27.2. The van der Waals surface area contributed by atoms with Gasteiger partial charge in [0.25, 0.3) is 0 Å². The summed E-state index contributed by atoms with van der Waals surface area (Å²) in [5.74, 6) is 0.379. The van der Waals surface area contributed by atoms with Crippen LogP contribution in [0.4, 0.5) is 4.79 Å². The Balaban J connectivity index is 1.84. The molecule has 0 radical (unpaired) electrons. The molecule has 2 amide bonds. The summed E-state index contributed by atoms with van der Waals surface area (Å²) < 4.78 is 5.84. The molecule has 2 aliphatic rings. The first-order valence-electron chi connectivity index (χ1n) is 13.5. The Hall–Kier alpha value is -1.30. The van der Waals surface area contributed by atoms with E-state index in [1.54, 1.807) is 11.9 Å². The maximum Gasteiger partial charge on any atom is 0.409 e. The van der Waals surface area contributed by atoms with Gasteiger partial charge in [-0.05, 0) is 58.4 Å². The average Bonchev–Trinajstić information content (AvgIpc) is 2.87. The molecule has 0 saturated heterocycles. The summed E-state index contributed by atoms with van der Waals surface area (Å²) in [6.07, 6.45) is 19.0.